The molecule has 0 N–H and O–H groups in total. The lowest BCUT2D eigenvalue weighted by Gasteiger charge is -2.20. The van der Waals surface area contributed by atoms with Gasteiger partial charge in [0.2, 0.25) is 0 Å². The number of para-hydroxylation sites is 4. The lowest BCUT2D eigenvalue weighted by Crippen LogP contribution is -1.98. The molecule has 5 aromatic carbocycles. The molecule has 0 aliphatic rings. The van der Waals surface area contributed by atoms with Crippen molar-refractivity contribution in [1.29, 1.82) is 0 Å². The van der Waals surface area contributed by atoms with Crippen LogP contribution in [0.2, 0.25) is 0 Å². The average Bonchev–Trinajstić information content (AvgIpc) is 3.14. The highest BCUT2D eigenvalue weighted by Gasteiger charge is 2.21. The minimum atomic E-state index is -0.556. The molecule has 0 saturated carbocycles. The molecular formula is C30H16N2S4. The summed E-state index contributed by atoms with van der Waals surface area (Å²) in [7, 11) is 0. The molecule has 170 valence electrons. The number of hydrogen-bond acceptors (Lipinski definition) is 4. The van der Waals surface area contributed by atoms with Gasteiger partial charge in [0.05, 0.1) is 92.6 Å². The van der Waals surface area contributed by atoms with Gasteiger partial charge in [0.25, 0.3) is 0 Å². The number of nitrogens with zero attached hydrogens (tertiary/aromatic N) is 2. The van der Waals surface area contributed by atoms with Crippen LogP contribution in [0.3, 0.4) is 0 Å². The lowest BCUT2D eigenvalue weighted by atomic mass is 10.2. The van der Waals surface area contributed by atoms with Gasteiger partial charge in [-0.2, -0.15) is 0 Å². The Morgan fingerprint density at radius 2 is 0.639 bits per heavy atom. The Labute approximate surface area is 243 Å². The van der Waals surface area contributed by atoms with Crippen LogP contribution in [0.15, 0.2) is 96.7 Å². The maximum absolute atomic E-state index is 9.02. The fraction of sp³-hybridized carbons (Fsp3) is 0. The SMILES string of the molecule is [2H]c1c([2H])c([2H])c2c(sc3c4sc5c([2H])c([2H])c([2H])c([2H])c5n5c6c([2H])c([2H])c([2H])c([2H])c6sc(c6sc7c([2H])c([2H])c([2H])c([2H])c7n2c36)c45)c1[2H]. The van der Waals surface area contributed by atoms with Gasteiger partial charge >= 0.3 is 0 Å². The first-order valence-electron chi connectivity index (χ1n) is 18.5. The topological polar surface area (TPSA) is 8.82 Å². The van der Waals surface area contributed by atoms with Crippen LogP contribution in [0.4, 0.5) is 0 Å². The quantitative estimate of drug-likeness (QED) is 0.132. The highest BCUT2D eigenvalue weighted by Crippen LogP contribution is 2.48. The van der Waals surface area contributed by atoms with Crippen molar-refractivity contribution in [2.75, 3.05) is 0 Å². The number of hydrogen-bond donors (Lipinski definition) is 0. The Balaban J connectivity index is 1.80. The first kappa shape index (κ1) is 10.1. The fourth-order valence-corrected chi connectivity index (χ4v) is 9.33. The molecule has 0 unspecified atom stereocenters. The van der Waals surface area contributed by atoms with E-state index in [-0.39, 0.29) is 40.9 Å². The minimum Gasteiger partial charge on any atom is -0.305 e. The van der Waals surface area contributed by atoms with Crippen molar-refractivity contribution in [1.82, 2.24) is 8.80 Å². The fourth-order valence-electron chi connectivity index (χ4n) is 4.60. The van der Waals surface area contributed by atoms with E-state index in [9.17, 15) is 0 Å². The van der Waals surface area contributed by atoms with Crippen LogP contribution in [-0.2, 0) is 0 Å². The second-order valence-corrected chi connectivity index (χ2v) is 11.9. The largest absolute Gasteiger partial charge is 0.305 e. The first-order valence-corrected chi connectivity index (χ1v) is 13.7. The van der Waals surface area contributed by atoms with Crippen molar-refractivity contribution < 1.29 is 21.9 Å². The molecule has 2 nitrogen and oxygen atoms in total. The molecule has 0 fully saturated rings. The summed E-state index contributed by atoms with van der Waals surface area (Å²) in [5.74, 6) is 0. The van der Waals surface area contributed by atoms with Gasteiger partial charge in [-0.25, -0.2) is 0 Å². The highest BCUT2D eigenvalue weighted by atomic mass is 32.1. The van der Waals surface area contributed by atoms with E-state index in [0.717, 1.165) is 45.3 Å². The summed E-state index contributed by atoms with van der Waals surface area (Å²) in [6.45, 7) is 0. The highest BCUT2D eigenvalue weighted by molar-refractivity contribution is 7.36. The van der Waals surface area contributed by atoms with E-state index in [4.69, 9.17) is 21.9 Å². The zero-order valence-corrected chi connectivity index (χ0v) is 20.8. The first-order chi connectivity index (χ1) is 24.5. The Bertz CT molecular complexity index is 2840. The Morgan fingerprint density at radius 3 is 0.917 bits per heavy atom. The van der Waals surface area contributed by atoms with Crippen molar-refractivity contribution in [2.24, 2.45) is 0 Å². The third-order valence-corrected chi connectivity index (χ3v) is 10.6. The predicted octanol–water partition coefficient (Wildman–Crippen LogP) is 10.5. The summed E-state index contributed by atoms with van der Waals surface area (Å²) in [5.41, 5.74) is 0.482. The van der Waals surface area contributed by atoms with Gasteiger partial charge in [-0.15, -0.1) is 45.3 Å². The standard InChI is InChI=1S/C30H16N2S4/c1-5-13-21-17(9-1)31-18-10-2-6-14-22(18)34-28-25(31)27(33-21)29-26-30(28)36-24-16-8-4-12-20(24)32(26)19-11-3-7-15-23(19)35-29/h1-16H/i1D,2D,3D,4D,5D,6D,7D,8D,9D,10D,11D,12D,13D,14D,15D,16D. The zero-order valence-electron chi connectivity index (χ0n) is 33.5. The van der Waals surface area contributed by atoms with Crippen molar-refractivity contribution >= 4 is 116 Å². The van der Waals surface area contributed by atoms with E-state index in [0.29, 0.717) is 29.8 Å². The molecule has 0 atom stereocenters. The van der Waals surface area contributed by atoms with Crippen molar-refractivity contribution in [3.63, 3.8) is 0 Å². The Hall–Kier alpha value is -3.42. The summed E-state index contributed by atoms with van der Waals surface area (Å²) in [5, 5.41) is 0. The normalized spacial score (nSPS) is 18.7. The molecule has 0 radical (unpaired) electrons. The molecule has 0 amide bonds. The van der Waals surface area contributed by atoms with Crippen LogP contribution in [0, 0.1) is 0 Å². The van der Waals surface area contributed by atoms with Gasteiger partial charge in [0.1, 0.15) is 0 Å². The molecule has 0 saturated heterocycles. The van der Waals surface area contributed by atoms with Crippen LogP contribution in [0.1, 0.15) is 21.9 Å². The predicted molar refractivity (Wildman–Crippen MR) is 163 cm³/mol. The van der Waals surface area contributed by atoms with Gasteiger partial charge < -0.3 is 8.80 Å². The Kier molecular flexibility index (Phi) is 2.00. The van der Waals surface area contributed by atoms with Gasteiger partial charge in [-0.05, 0) is 48.3 Å². The van der Waals surface area contributed by atoms with Crippen LogP contribution in [0.25, 0.3) is 70.7 Å². The molecule has 0 aliphatic heterocycles. The molecule has 0 bridgehead atoms. The molecule has 0 aliphatic carbocycles. The van der Waals surface area contributed by atoms with Crippen molar-refractivity contribution in [3.8, 4) is 0 Å². The van der Waals surface area contributed by atoms with E-state index in [1.165, 1.54) is 8.80 Å². The Morgan fingerprint density at radius 1 is 0.389 bits per heavy atom. The number of rotatable bonds is 0. The minimum absolute atomic E-state index is 0.0356. The van der Waals surface area contributed by atoms with E-state index in [1.54, 1.807) is 0 Å². The van der Waals surface area contributed by atoms with Gasteiger partial charge in [-0.3, -0.25) is 0 Å². The van der Waals surface area contributed by atoms with Crippen LogP contribution < -0.4 is 0 Å². The summed E-state index contributed by atoms with van der Waals surface area (Å²) in [6.07, 6.45) is 0. The molecule has 4 heterocycles. The second-order valence-electron chi connectivity index (χ2n) is 7.80. The van der Waals surface area contributed by atoms with Gasteiger partial charge in [-0.1, -0.05) is 48.3 Å². The lowest BCUT2D eigenvalue weighted by molar-refractivity contribution is 1.33. The molecular weight excluding hydrogens is 517 g/mol. The maximum atomic E-state index is 9.02. The average molecular weight is 549 g/mol. The molecule has 36 heavy (non-hydrogen) atoms. The van der Waals surface area contributed by atoms with Gasteiger partial charge in [0.15, 0.2) is 0 Å². The summed E-state index contributed by atoms with van der Waals surface area (Å²) >= 11 is 3.98. The third kappa shape index (κ3) is 2.45. The number of benzene rings is 5. The van der Waals surface area contributed by atoms with Crippen LogP contribution >= 0.6 is 45.3 Å². The zero-order chi connectivity index (χ0) is 37.3. The molecule has 9 rings (SSSR count). The van der Waals surface area contributed by atoms with Crippen LogP contribution in [-0.4, -0.2) is 8.80 Å². The monoisotopic (exact) mass is 548 g/mol. The second kappa shape index (κ2) is 7.08. The summed E-state index contributed by atoms with van der Waals surface area (Å²) < 4.78 is 145. The van der Waals surface area contributed by atoms with Crippen molar-refractivity contribution in [2.45, 2.75) is 0 Å². The summed E-state index contributed by atoms with van der Waals surface area (Å²) in [6, 6.07) is -7.70. The number of fused-ring (bicyclic) bond motifs is 10. The van der Waals surface area contributed by atoms with E-state index < -0.39 is 96.7 Å². The molecule has 6 heteroatoms. The van der Waals surface area contributed by atoms with Crippen molar-refractivity contribution in [3.05, 3.63) is 96.7 Å². The van der Waals surface area contributed by atoms with E-state index in [2.05, 4.69) is 0 Å². The van der Waals surface area contributed by atoms with E-state index >= 15 is 0 Å². The molecule has 0 spiro atoms. The summed E-state index contributed by atoms with van der Waals surface area (Å²) in [4.78, 5) is 0. The van der Waals surface area contributed by atoms with Crippen LogP contribution in [0.5, 0.6) is 0 Å². The van der Waals surface area contributed by atoms with Gasteiger partial charge in [0, 0.05) is 0 Å². The smallest absolute Gasteiger partial charge is 0.0838 e. The molecule has 4 aromatic heterocycles. The number of aromatic nitrogens is 2. The maximum Gasteiger partial charge on any atom is 0.0838 e. The van der Waals surface area contributed by atoms with E-state index in [1.807, 2.05) is 0 Å². The third-order valence-electron chi connectivity index (χ3n) is 5.97. The molecule has 9 aromatic rings.